The molecule has 1 saturated heterocycles. The molecule has 6 heteroatoms. The minimum atomic E-state index is -0.262. The number of piperidine rings is 1. The lowest BCUT2D eigenvalue weighted by molar-refractivity contribution is -0.141. The second kappa shape index (κ2) is 6.72. The van der Waals surface area contributed by atoms with Crippen molar-refractivity contribution in [1.82, 2.24) is 15.2 Å². The number of para-hydroxylation sites is 1. The van der Waals surface area contributed by atoms with Gasteiger partial charge in [0.25, 0.3) is 0 Å². The van der Waals surface area contributed by atoms with Crippen LogP contribution in [0.3, 0.4) is 0 Å². The highest BCUT2D eigenvalue weighted by Gasteiger charge is 2.44. The van der Waals surface area contributed by atoms with Crippen LogP contribution in [0.25, 0.3) is 10.9 Å². The maximum absolute atomic E-state index is 12.6. The fourth-order valence-electron chi connectivity index (χ4n) is 4.59. The van der Waals surface area contributed by atoms with Gasteiger partial charge in [-0.1, -0.05) is 30.4 Å². The number of amides is 1. The number of likely N-dealkylation sites (tertiary alicyclic amines) is 1. The second-order valence-electron chi connectivity index (χ2n) is 7.26. The maximum atomic E-state index is 12.6. The number of hydrogen-bond donors (Lipinski definition) is 2. The molecule has 1 atom stereocenters. The molecule has 3 aliphatic rings. The largest absolute Gasteiger partial charge is 0.368 e. The van der Waals surface area contributed by atoms with Crippen LogP contribution in [-0.2, 0) is 21.6 Å². The van der Waals surface area contributed by atoms with Crippen molar-refractivity contribution in [1.29, 1.82) is 0 Å². The minimum Gasteiger partial charge on any atom is -0.368 e. The first kappa shape index (κ1) is 17.6. The Balaban J connectivity index is 0.00000168. The highest BCUT2D eigenvalue weighted by molar-refractivity contribution is 5.86. The molecular weight excluding hydrogens is 350 g/mol. The molecule has 1 unspecified atom stereocenters. The molecular formula is C20H24ClN3O2. The number of fused-ring (bicyclic) bond motifs is 4. The lowest BCUT2D eigenvalue weighted by Crippen LogP contribution is -2.52. The van der Waals surface area contributed by atoms with Gasteiger partial charge in [0.15, 0.2) is 0 Å². The molecule has 1 spiro atoms. The van der Waals surface area contributed by atoms with Crippen LogP contribution in [-0.4, -0.2) is 48.1 Å². The van der Waals surface area contributed by atoms with Crippen molar-refractivity contribution in [3.05, 3.63) is 47.7 Å². The number of benzene rings is 1. The van der Waals surface area contributed by atoms with E-state index in [4.69, 9.17) is 4.74 Å². The molecule has 3 aliphatic heterocycles. The van der Waals surface area contributed by atoms with Gasteiger partial charge >= 0.3 is 0 Å². The van der Waals surface area contributed by atoms with Crippen LogP contribution in [0.5, 0.6) is 0 Å². The summed E-state index contributed by atoms with van der Waals surface area (Å²) in [6, 6.07) is 8.35. The Hall–Kier alpha value is -1.82. The van der Waals surface area contributed by atoms with E-state index >= 15 is 0 Å². The summed E-state index contributed by atoms with van der Waals surface area (Å²) in [6.07, 6.45) is 6.67. The molecule has 2 N–H and O–H groups in total. The van der Waals surface area contributed by atoms with Crippen LogP contribution in [0.4, 0.5) is 0 Å². The first-order valence-electron chi connectivity index (χ1n) is 9.20. The first-order chi connectivity index (χ1) is 12.3. The summed E-state index contributed by atoms with van der Waals surface area (Å²) in [4.78, 5) is 18.2. The maximum Gasteiger partial charge on any atom is 0.243 e. The summed E-state index contributed by atoms with van der Waals surface area (Å²) in [5.74, 6) is 0.191. The highest BCUT2D eigenvalue weighted by atomic mass is 35.5. The van der Waals surface area contributed by atoms with Gasteiger partial charge in [-0.3, -0.25) is 10.1 Å². The summed E-state index contributed by atoms with van der Waals surface area (Å²) in [6.45, 7) is 3.05. The predicted molar refractivity (Wildman–Crippen MR) is 104 cm³/mol. The molecule has 1 fully saturated rings. The zero-order valence-electron chi connectivity index (χ0n) is 14.7. The fraction of sp³-hybridized carbons (Fsp3) is 0.450. The summed E-state index contributed by atoms with van der Waals surface area (Å²) in [5, 5.41) is 4.54. The number of hydrogen-bond acceptors (Lipinski definition) is 3. The number of ether oxygens (including phenoxy) is 1. The number of rotatable bonds is 1. The number of nitrogens with zero attached hydrogens (tertiary/aromatic N) is 1. The van der Waals surface area contributed by atoms with Crippen molar-refractivity contribution in [2.24, 2.45) is 0 Å². The molecule has 26 heavy (non-hydrogen) atoms. The number of carbonyl (C=O) groups is 1. The standard InChI is InChI=1S/C20H23N3O2.ClH/c24-19(17-6-3-10-21-17)23-11-8-20(9-12-23)18-15(7-13-25-20)14-4-1-2-5-16(14)22-18;/h1-6,17,21-22H,7-13H2;1H. The molecule has 0 aliphatic carbocycles. The molecule has 1 amide bonds. The highest BCUT2D eigenvalue weighted by Crippen LogP contribution is 2.43. The van der Waals surface area contributed by atoms with Crippen molar-refractivity contribution in [3.8, 4) is 0 Å². The van der Waals surface area contributed by atoms with Gasteiger partial charge in [-0.25, -0.2) is 0 Å². The van der Waals surface area contributed by atoms with E-state index in [2.05, 4.69) is 34.6 Å². The minimum absolute atomic E-state index is 0. The van der Waals surface area contributed by atoms with Gasteiger partial charge in [-0.2, -0.15) is 0 Å². The third kappa shape index (κ3) is 2.66. The molecule has 5 nitrogen and oxygen atoms in total. The van der Waals surface area contributed by atoms with E-state index < -0.39 is 0 Å². The van der Waals surface area contributed by atoms with Crippen molar-refractivity contribution in [2.75, 3.05) is 26.2 Å². The molecule has 1 aromatic carbocycles. The molecule has 2 aromatic rings. The zero-order valence-corrected chi connectivity index (χ0v) is 15.5. The molecule has 4 heterocycles. The number of halogens is 1. The van der Waals surface area contributed by atoms with Gasteiger partial charge in [0, 0.05) is 30.5 Å². The van der Waals surface area contributed by atoms with E-state index in [0.717, 1.165) is 45.5 Å². The predicted octanol–water partition coefficient (Wildman–Crippen LogP) is 2.51. The monoisotopic (exact) mass is 373 g/mol. The van der Waals surface area contributed by atoms with Crippen LogP contribution in [0.15, 0.2) is 36.4 Å². The second-order valence-corrected chi connectivity index (χ2v) is 7.26. The number of aromatic amines is 1. The number of nitrogens with one attached hydrogen (secondary N) is 2. The Morgan fingerprint density at radius 3 is 2.81 bits per heavy atom. The van der Waals surface area contributed by atoms with E-state index in [0.29, 0.717) is 0 Å². The van der Waals surface area contributed by atoms with Gasteiger partial charge in [-0.05, 0) is 30.9 Å². The van der Waals surface area contributed by atoms with Gasteiger partial charge in [0.1, 0.15) is 11.6 Å². The normalized spacial score (nSPS) is 23.8. The Bertz CT molecular complexity index is 852. The number of carbonyl (C=O) groups excluding carboxylic acids is 1. The third-order valence-corrected chi connectivity index (χ3v) is 5.93. The van der Waals surface area contributed by atoms with Crippen LogP contribution in [0, 0.1) is 0 Å². The van der Waals surface area contributed by atoms with Gasteiger partial charge in [-0.15, -0.1) is 12.4 Å². The van der Waals surface area contributed by atoms with Crippen molar-refractivity contribution in [3.63, 3.8) is 0 Å². The van der Waals surface area contributed by atoms with Crippen LogP contribution in [0.1, 0.15) is 24.1 Å². The fourth-order valence-corrected chi connectivity index (χ4v) is 4.59. The molecule has 1 aromatic heterocycles. The summed E-state index contributed by atoms with van der Waals surface area (Å²) in [5.41, 5.74) is 3.58. The molecule has 5 rings (SSSR count). The average molecular weight is 374 g/mol. The number of H-pyrrole nitrogens is 1. The van der Waals surface area contributed by atoms with E-state index in [1.54, 1.807) is 0 Å². The van der Waals surface area contributed by atoms with Crippen molar-refractivity contribution in [2.45, 2.75) is 30.9 Å². The molecule has 138 valence electrons. The Labute approximate surface area is 159 Å². The van der Waals surface area contributed by atoms with Crippen molar-refractivity contribution < 1.29 is 9.53 Å². The smallest absolute Gasteiger partial charge is 0.243 e. The zero-order chi connectivity index (χ0) is 16.9. The van der Waals surface area contributed by atoms with Crippen molar-refractivity contribution >= 4 is 29.2 Å². The summed E-state index contributed by atoms with van der Waals surface area (Å²) >= 11 is 0. The SMILES string of the molecule is Cl.O=C(C1C=CCN1)N1CCC2(CC1)OCCc1c2[nH]c2ccccc12. The summed E-state index contributed by atoms with van der Waals surface area (Å²) in [7, 11) is 0. The van der Waals surface area contributed by atoms with E-state index in [1.165, 1.54) is 22.2 Å². The Morgan fingerprint density at radius 1 is 1.23 bits per heavy atom. The lowest BCUT2D eigenvalue weighted by atomic mass is 9.83. The van der Waals surface area contributed by atoms with E-state index in [1.807, 2.05) is 17.1 Å². The van der Waals surface area contributed by atoms with Gasteiger partial charge in [0.2, 0.25) is 5.91 Å². The summed E-state index contributed by atoms with van der Waals surface area (Å²) < 4.78 is 6.32. The topological polar surface area (TPSA) is 57.4 Å². The lowest BCUT2D eigenvalue weighted by Gasteiger charge is -2.44. The average Bonchev–Trinajstić information content (AvgIpc) is 3.31. The Kier molecular flexibility index (Phi) is 4.55. The molecule has 0 saturated carbocycles. The number of aromatic nitrogens is 1. The molecule has 0 radical (unpaired) electrons. The van der Waals surface area contributed by atoms with Crippen LogP contribution in [0.2, 0.25) is 0 Å². The quantitative estimate of drug-likeness (QED) is 0.755. The van der Waals surface area contributed by atoms with Crippen LogP contribution >= 0.6 is 12.4 Å². The van der Waals surface area contributed by atoms with E-state index in [-0.39, 0.29) is 30.0 Å². The van der Waals surface area contributed by atoms with Crippen LogP contribution < -0.4 is 5.32 Å². The molecule has 0 bridgehead atoms. The van der Waals surface area contributed by atoms with E-state index in [9.17, 15) is 4.79 Å². The Morgan fingerprint density at radius 2 is 2.04 bits per heavy atom. The third-order valence-electron chi connectivity index (χ3n) is 5.93. The van der Waals surface area contributed by atoms with Gasteiger partial charge in [0.05, 0.1) is 12.3 Å². The first-order valence-corrected chi connectivity index (χ1v) is 9.20. The van der Waals surface area contributed by atoms with Gasteiger partial charge < -0.3 is 14.6 Å².